The Balaban J connectivity index is 2.52. The number of carbonyl (C=O) groups excluding carboxylic acids is 1. The Morgan fingerprint density at radius 1 is 1.29 bits per heavy atom. The van der Waals surface area contributed by atoms with Crippen LogP contribution in [0.5, 0.6) is 0 Å². The first-order valence-corrected chi connectivity index (χ1v) is 9.69. The van der Waals surface area contributed by atoms with Gasteiger partial charge in [0, 0.05) is 13.6 Å². The lowest BCUT2D eigenvalue weighted by Gasteiger charge is -2.32. The number of nitriles is 1. The fourth-order valence-electron chi connectivity index (χ4n) is 3.42. The number of hydrogen-bond acceptors (Lipinski definition) is 4. The molecule has 1 aliphatic rings. The fourth-order valence-corrected chi connectivity index (χ4v) is 5.88. The smallest absolute Gasteiger partial charge is 0.244 e. The van der Waals surface area contributed by atoms with Gasteiger partial charge in [0.2, 0.25) is 5.91 Å². The van der Waals surface area contributed by atoms with Crippen molar-refractivity contribution in [1.29, 1.82) is 5.26 Å². The highest BCUT2D eigenvalue weighted by Gasteiger charge is 2.54. The van der Waals surface area contributed by atoms with Gasteiger partial charge in [-0.05, 0) is 43.9 Å². The highest BCUT2D eigenvalue weighted by Crippen LogP contribution is 2.42. The summed E-state index contributed by atoms with van der Waals surface area (Å²) >= 11 is 0. The van der Waals surface area contributed by atoms with Crippen LogP contribution in [0.25, 0.3) is 0 Å². The Labute approximate surface area is 144 Å². The second-order valence-electron chi connectivity index (χ2n) is 6.61. The van der Waals surface area contributed by atoms with E-state index in [1.807, 2.05) is 19.1 Å². The van der Waals surface area contributed by atoms with Crippen molar-refractivity contribution in [1.82, 2.24) is 4.90 Å². The molecule has 6 heteroatoms. The Bertz CT molecular complexity index is 772. The molecule has 0 heterocycles. The van der Waals surface area contributed by atoms with Gasteiger partial charge in [0.1, 0.15) is 0 Å². The number of amides is 1. The van der Waals surface area contributed by atoms with Gasteiger partial charge in [0.25, 0.3) is 0 Å². The molecule has 0 aliphatic heterocycles. The predicted molar refractivity (Wildman–Crippen MR) is 92.2 cm³/mol. The maximum absolute atomic E-state index is 13.4. The summed E-state index contributed by atoms with van der Waals surface area (Å²) < 4.78 is 25.5. The maximum atomic E-state index is 13.4. The van der Waals surface area contributed by atoms with Crippen molar-refractivity contribution in [2.24, 2.45) is 0 Å². The third-order valence-electron chi connectivity index (χ3n) is 4.85. The molecule has 1 aromatic rings. The van der Waals surface area contributed by atoms with E-state index in [1.54, 1.807) is 26.1 Å². The number of nitrogens with zero attached hydrogens (tertiary/aromatic N) is 2. The second-order valence-corrected chi connectivity index (χ2v) is 8.84. The zero-order valence-electron chi connectivity index (χ0n) is 14.5. The molecule has 130 valence electrons. The third kappa shape index (κ3) is 3.05. The molecule has 0 unspecified atom stereocenters. The highest BCUT2D eigenvalue weighted by molar-refractivity contribution is 7.93. The molecule has 1 amide bonds. The normalized spacial score (nSPS) is 16.6. The molecule has 1 fully saturated rings. The van der Waals surface area contributed by atoms with Gasteiger partial charge in [-0.1, -0.05) is 25.0 Å². The molecule has 0 spiro atoms. The van der Waals surface area contributed by atoms with Crippen LogP contribution in [-0.4, -0.2) is 37.6 Å². The third-order valence-corrected chi connectivity index (χ3v) is 7.48. The quantitative estimate of drug-likeness (QED) is 0.819. The molecule has 1 aliphatic carbocycles. The van der Waals surface area contributed by atoms with E-state index in [4.69, 9.17) is 5.26 Å². The summed E-state index contributed by atoms with van der Waals surface area (Å²) in [7, 11) is -2.22. The van der Waals surface area contributed by atoms with E-state index in [2.05, 4.69) is 0 Å². The average molecular weight is 348 g/mol. The van der Waals surface area contributed by atoms with Gasteiger partial charge in [-0.25, -0.2) is 8.42 Å². The van der Waals surface area contributed by atoms with Gasteiger partial charge in [-0.2, -0.15) is 5.26 Å². The lowest BCUT2D eigenvalue weighted by Crippen LogP contribution is -2.51. The van der Waals surface area contributed by atoms with Crippen molar-refractivity contribution in [3.8, 4) is 6.07 Å². The molecular formula is C18H24N2O3S. The predicted octanol–water partition coefficient (Wildman–Crippen LogP) is 2.76. The molecule has 1 saturated carbocycles. The number of hydrogen-bond donors (Lipinski definition) is 0. The molecule has 0 atom stereocenters. The van der Waals surface area contributed by atoms with E-state index in [1.165, 1.54) is 4.90 Å². The van der Waals surface area contributed by atoms with Crippen LogP contribution >= 0.6 is 0 Å². The molecule has 0 saturated heterocycles. The maximum Gasteiger partial charge on any atom is 0.244 e. The summed E-state index contributed by atoms with van der Waals surface area (Å²) in [6, 6.07) is 7.32. The summed E-state index contributed by atoms with van der Waals surface area (Å²) in [6.45, 7) is 3.86. The number of rotatable bonds is 5. The zero-order chi connectivity index (χ0) is 18.0. The standard InChI is InChI=1S/C18H24N2O3S/c1-14-7-8-15(2)16(13-14)24(22,23)18(9-4-5-10-18)17(21)20(3)12-6-11-19/h7-8,13H,4-6,9-10,12H2,1-3H3. The highest BCUT2D eigenvalue weighted by atomic mass is 32.2. The van der Waals surface area contributed by atoms with Crippen LogP contribution in [0.1, 0.15) is 43.2 Å². The average Bonchev–Trinajstić information content (AvgIpc) is 3.05. The number of aryl methyl sites for hydroxylation is 2. The first kappa shape index (κ1) is 18.5. The van der Waals surface area contributed by atoms with E-state index >= 15 is 0 Å². The Morgan fingerprint density at radius 3 is 2.50 bits per heavy atom. The van der Waals surface area contributed by atoms with Crippen LogP contribution in [0, 0.1) is 25.2 Å². The van der Waals surface area contributed by atoms with Crippen LogP contribution < -0.4 is 0 Å². The Kier molecular flexibility index (Phi) is 5.34. The summed E-state index contributed by atoms with van der Waals surface area (Å²) in [5.41, 5.74) is 1.52. The van der Waals surface area contributed by atoms with Crippen molar-refractivity contribution in [3.63, 3.8) is 0 Å². The minimum atomic E-state index is -3.80. The molecule has 0 N–H and O–H groups in total. The van der Waals surface area contributed by atoms with Gasteiger partial charge in [0.15, 0.2) is 14.6 Å². The molecule has 2 rings (SSSR count). The summed E-state index contributed by atoms with van der Waals surface area (Å²) in [5, 5.41) is 8.73. The molecule has 24 heavy (non-hydrogen) atoms. The topological polar surface area (TPSA) is 78.2 Å². The monoisotopic (exact) mass is 348 g/mol. The van der Waals surface area contributed by atoms with Crippen molar-refractivity contribution in [2.45, 2.75) is 55.6 Å². The van der Waals surface area contributed by atoms with E-state index in [0.717, 1.165) is 18.4 Å². The fraction of sp³-hybridized carbons (Fsp3) is 0.556. The first-order chi connectivity index (χ1) is 11.3. The van der Waals surface area contributed by atoms with Gasteiger partial charge in [-0.3, -0.25) is 4.79 Å². The van der Waals surface area contributed by atoms with Crippen molar-refractivity contribution in [2.75, 3.05) is 13.6 Å². The lowest BCUT2D eigenvalue weighted by molar-refractivity contribution is -0.132. The minimum absolute atomic E-state index is 0.196. The minimum Gasteiger partial charge on any atom is -0.343 e. The SMILES string of the molecule is Cc1ccc(C)c(S(=O)(=O)C2(C(=O)N(C)CCC#N)CCCC2)c1. The summed E-state index contributed by atoms with van der Waals surface area (Å²) in [4.78, 5) is 14.7. The van der Waals surface area contributed by atoms with Crippen LogP contribution in [-0.2, 0) is 14.6 Å². The molecule has 0 aromatic heterocycles. The molecule has 5 nitrogen and oxygen atoms in total. The van der Waals surface area contributed by atoms with E-state index < -0.39 is 14.6 Å². The molecule has 1 aromatic carbocycles. The van der Waals surface area contributed by atoms with Crippen LogP contribution in [0.4, 0.5) is 0 Å². The van der Waals surface area contributed by atoms with Crippen molar-refractivity contribution < 1.29 is 13.2 Å². The number of benzene rings is 1. The van der Waals surface area contributed by atoms with Crippen molar-refractivity contribution in [3.05, 3.63) is 29.3 Å². The molecule has 0 bridgehead atoms. The van der Waals surface area contributed by atoms with Crippen LogP contribution in [0.3, 0.4) is 0 Å². The number of carbonyl (C=O) groups is 1. The van der Waals surface area contributed by atoms with Gasteiger partial charge >= 0.3 is 0 Å². The molecular weight excluding hydrogens is 324 g/mol. The van der Waals surface area contributed by atoms with E-state index in [-0.39, 0.29) is 23.8 Å². The number of sulfone groups is 1. The first-order valence-electron chi connectivity index (χ1n) is 8.21. The van der Waals surface area contributed by atoms with Gasteiger partial charge in [0.05, 0.1) is 17.4 Å². The lowest BCUT2D eigenvalue weighted by atomic mass is 10.1. The van der Waals surface area contributed by atoms with E-state index in [9.17, 15) is 13.2 Å². The molecule has 0 radical (unpaired) electrons. The Morgan fingerprint density at radius 2 is 1.92 bits per heavy atom. The summed E-state index contributed by atoms with van der Waals surface area (Å²) in [5.74, 6) is -0.379. The largest absolute Gasteiger partial charge is 0.343 e. The van der Waals surface area contributed by atoms with Gasteiger partial charge < -0.3 is 4.90 Å². The van der Waals surface area contributed by atoms with Crippen LogP contribution in [0.2, 0.25) is 0 Å². The zero-order valence-corrected chi connectivity index (χ0v) is 15.3. The van der Waals surface area contributed by atoms with Gasteiger partial charge in [-0.15, -0.1) is 0 Å². The van der Waals surface area contributed by atoms with Crippen LogP contribution in [0.15, 0.2) is 23.1 Å². The van der Waals surface area contributed by atoms with E-state index in [0.29, 0.717) is 18.4 Å². The Hall–Kier alpha value is -1.87. The second kappa shape index (κ2) is 6.94. The van der Waals surface area contributed by atoms with Crippen molar-refractivity contribution >= 4 is 15.7 Å². The summed E-state index contributed by atoms with van der Waals surface area (Å²) in [6.07, 6.45) is 2.34.